The SMILES string of the molecule is Cc1cc(CSc2ccccc2C(=O)OC(C)C(=O)Nc2cccnc2Cl)on1. The Morgan fingerprint density at radius 1 is 1.28 bits per heavy atom. The van der Waals surface area contributed by atoms with Crippen LogP contribution in [-0.2, 0) is 15.3 Å². The van der Waals surface area contributed by atoms with Crippen LogP contribution in [0.4, 0.5) is 5.69 Å². The Hall–Kier alpha value is -2.84. The lowest BCUT2D eigenvalue weighted by atomic mass is 10.2. The molecule has 3 rings (SSSR count). The average molecular weight is 432 g/mol. The number of benzene rings is 1. The molecule has 2 aromatic heterocycles. The number of aryl methyl sites for hydroxylation is 1. The predicted molar refractivity (Wildman–Crippen MR) is 110 cm³/mol. The lowest BCUT2D eigenvalue weighted by molar-refractivity contribution is -0.123. The van der Waals surface area contributed by atoms with E-state index in [9.17, 15) is 9.59 Å². The van der Waals surface area contributed by atoms with Gasteiger partial charge in [-0.25, -0.2) is 9.78 Å². The minimum atomic E-state index is -1.02. The molecule has 0 aliphatic carbocycles. The fourth-order valence-corrected chi connectivity index (χ4v) is 3.47. The molecule has 1 N–H and O–H groups in total. The number of pyridine rings is 1. The molecule has 1 aromatic carbocycles. The minimum Gasteiger partial charge on any atom is -0.449 e. The highest BCUT2D eigenvalue weighted by atomic mass is 35.5. The summed E-state index contributed by atoms with van der Waals surface area (Å²) in [5.74, 6) is 0.120. The van der Waals surface area contributed by atoms with Crippen LogP contribution in [0, 0.1) is 6.92 Å². The van der Waals surface area contributed by atoms with Gasteiger partial charge >= 0.3 is 5.97 Å². The van der Waals surface area contributed by atoms with E-state index in [4.69, 9.17) is 20.9 Å². The van der Waals surface area contributed by atoms with Gasteiger partial charge in [-0.2, -0.15) is 0 Å². The summed E-state index contributed by atoms with van der Waals surface area (Å²) in [6.45, 7) is 3.33. The Morgan fingerprint density at radius 2 is 2.07 bits per heavy atom. The van der Waals surface area contributed by atoms with Crippen LogP contribution in [-0.4, -0.2) is 28.1 Å². The van der Waals surface area contributed by atoms with Gasteiger partial charge in [-0.15, -0.1) is 11.8 Å². The van der Waals surface area contributed by atoms with E-state index < -0.39 is 18.0 Å². The summed E-state index contributed by atoms with van der Waals surface area (Å²) in [7, 11) is 0. The molecule has 7 nitrogen and oxygen atoms in total. The molecule has 9 heteroatoms. The molecular formula is C20H18ClN3O4S. The van der Waals surface area contributed by atoms with Crippen molar-refractivity contribution in [1.82, 2.24) is 10.1 Å². The smallest absolute Gasteiger partial charge is 0.340 e. The quantitative estimate of drug-likeness (QED) is 0.334. The van der Waals surface area contributed by atoms with Crippen molar-refractivity contribution in [1.29, 1.82) is 0 Å². The first kappa shape index (κ1) is 20.9. The standard InChI is InChI=1S/C20H18ClN3O4S/c1-12-10-14(28-24-12)11-29-17-8-4-3-6-15(17)20(26)27-13(2)19(25)23-16-7-5-9-22-18(16)21/h3-10,13H,11H2,1-2H3,(H,23,25). The second kappa shape index (κ2) is 9.58. The number of hydrogen-bond donors (Lipinski definition) is 1. The minimum absolute atomic E-state index is 0.156. The van der Waals surface area contributed by atoms with Crippen molar-refractivity contribution >= 4 is 40.9 Å². The van der Waals surface area contributed by atoms with Gasteiger partial charge < -0.3 is 14.6 Å². The number of aromatic nitrogens is 2. The summed E-state index contributed by atoms with van der Waals surface area (Å²) < 4.78 is 10.5. The third-order valence-electron chi connectivity index (χ3n) is 3.82. The third-order valence-corrected chi connectivity index (χ3v) is 5.22. The van der Waals surface area contributed by atoms with E-state index >= 15 is 0 Å². The largest absolute Gasteiger partial charge is 0.449 e. The molecule has 0 aliphatic rings. The number of carbonyl (C=O) groups excluding carboxylic acids is 2. The lowest BCUT2D eigenvalue weighted by Crippen LogP contribution is -2.30. The van der Waals surface area contributed by atoms with E-state index in [0.717, 1.165) is 10.6 Å². The number of nitrogens with zero attached hydrogens (tertiary/aromatic N) is 2. The topological polar surface area (TPSA) is 94.3 Å². The Bertz CT molecular complexity index is 1020. The van der Waals surface area contributed by atoms with E-state index in [1.54, 1.807) is 24.3 Å². The van der Waals surface area contributed by atoms with Crippen molar-refractivity contribution in [3.8, 4) is 0 Å². The fraction of sp³-hybridized carbons (Fsp3) is 0.200. The summed E-state index contributed by atoms with van der Waals surface area (Å²) in [4.78, 5) is 29.6. The van der Waals surface area contributed by atoms with Gasteiger partial charge in [-0.05, 0) is 38.1 Å². The van der Waals surface area contributed by atoms with E-state index in [2.05, 4.69) is 15.5 Å². The fourth-order valence-electron chi connectivity index (χ4n) is 2.39. The molecule has 0 fully saturated rings. The summed E-state index contributed by atoms with van der Waals surface area (Å²) in [5.41, 5.74) is 1.51. The number of esters is 1. The van der Waals surface area contributed by atoms with Crippen molar-refractivity contribution < 1.29 is 18.8 Å². The zero-order valence-corrected chi connectivity index (χ0v) is 17.3. The second-order valence-electron chi connectivity index (χ2n) is 6.10. The van der Waals surface area contributed by atoms with Gasteiger partial charge in [0.1, 0.15) is 5.76 Å². The van der Waals surface area contributed by atoms with Crippen LogP contribution in [0.1, 0.15) is 28.7 Å². The molecule has 0 aliphatic heterocycles. The Balaban J connectivity index is 1.64. The summed E-state index contributed by atoms with van der Waals surface area (Å²) in [6, 6.07) is 12.1. The van der Waals surface area contributed by atoms with Crippen molar-refractivity contribution in [2.45, 2.75) is 30.6 Å². The highest BCUT2D eigenvalue weighted by molar-refractivity contribution is 7.98. The number of halogens is 1. The molecule has 2 heterocycles. The third kappa shape index (κ3) is 5.58. The monoisotopic (exact) mass is 431 g/mol. The molecule has 29 heavy (non-hydrogen) atoms. The summed E-state index contributed by atoms with van der Waals surface area (Å²) in [5, 5.41) is 6.60. The maximum atomic E-state index is 12.6. The molecule has 0 spiro atoms. The number of hydrogen-bond acceptors (Lipinski definition) is 7. The van der Waals surface area contributed by atoms with Gasteiger partial charge in [0.2, 0.25) is 0 Å². The molecule has 1 unspecified atom stereocenters. The molecule has 1 amide bonds. The molecule has 0 bridgehead atoms. The number of amides is 1. The van der Waals surface area contributed by atoms with E-state index in [-0.39, 0.29) is 5.15 Å². The number of nitrogens with one attached hydrogen (secondary N) is 1. The maximum Gasteiger partial charge on any atom is 0.340 e. The Morgan fingerprint density at radius 3 is 2.79 bits per heavy atom. The zero-order valence-electron chi connectivity index (χ0n) is 15.7. The average Bonchev–Trinajstić information content (AvgIpc) is 3.13. The summed E-state index contributed by atoms with van der Waals surface area (Å²) in [6.07, 6.45) is 0.490. The van der Waals surface area contributed by atoms with Gasteiger partial charge in [-0.1, -0.05) is 28.9 Å². The van der Waals surface area contributed by atoms with Crippen molar-refractivity contribution in [3.05, 3.63) is 70.8 Å². The molecule has 0 radical (unpaired) electrons. The van der Waals surface area contributed by atoms with Gasteiger partial charge in [0.25, 0.3) is 5.91 Å². The number of anilines is 1. The molecule has 3 aromatic rings. The first-order valence-electron chi connectivity index (χ1n) is 8.70. The van der Waals surface area contributed by atoms with Crippen LogP contribution in [0.5, 0.6) is 0 Å². The van der Waals surface area contributed by atoms with Crippen molar-refractivity contribution in [2.24, 2.45) is 0 Å². The molecular weight excluding hydrogens is 414 g/mol. The van der Waals surface area contributed by atoms with E-state index in [0.29, 0.717) is 22.8 Å². The van der Waals surface area contributed by atoms with Gasteiger partial charge in [-0.3, -0.25) is 4.79 Å². The summed E-state index contributed by atoms with van der Waals surface area (Å²) >= 11 is 7.35. The van der Waals surface area contributed by atoms with Gasteiger partial charge in [0.05, 0.1) is 22.7 Å². The molecule has 1 atom stereocenters. The normalized spacial score (nSPS) is 11.7. The van der Waals surface area contributed by atoms with Crippen molar-refractivity contribution in [2.75, 3.05) is 5.32 Å². The van der Waals surface area contributed by atoms with Crippen LogP contribution in [0.3, 0.4) is 0 Å². The van der Waals surface area contributed by atoms with Gasteiger partial charge in [0.15, 0.2) is 11.3 Å². The highest BCUT2D eigenvalue weighted by Gasteiger charge is 2.22. The van der Waals surface area contributed by atoms with Crippen LogP contribution in [0.15, 0.2) is 58.1 Å². The molecule has 0 saturated heterocycles. The van der Waals surface area contributed by atoms with Crippen LogP contribution in [0.2, 0.25) is 5.15 Å². The Labute approximate surface area is 176 Å². The van der Waals surface area contributed by atoms with E-state index in [1.807, 2.05) is 25.1 Å². The molecule has 0 saturated carbocycles. The maximum absolute atomic E-state index is 12.6. The first-order chi connectivity index (χ1) is 13.9. The van der Waals surface area contributed by atoms with E-state index in [1.165, 1.54) is 24.9 Å². The van der Waals surface area contributed by atoms with Crippen LogP contribution >= 0.6 is 23.4 Å². The second-order valence-corrected chi connectivity index (χ2v) is 7.47. The highest BCUT2D eigenvalue weighted by Crippen LogP contribution is 2.27. The lowest BCUT2D eigenvalue weighted by Gasteiger charge is -2.15. The zero-order chi connectivity index (χ0) is 20.8. The van der Waals surface area contributed by atoms with Crippen LogP contribution in [0.25, 0.3) is 0 Å². The Kier molecular flexibility index (Phi) is 6.90. The van der Waals surface area contributed by atoms with Crippen LogP contribution < -0.4 is 5.32 Å². The molecule has 150 valence electrons. The number of carbonyl (C=O) groups is 2. The van der Waals surface area contributed by atoms with Crippen molar-refractivity contribution in [3.63, 3.8) is 0 Å². The van der Waals surface area contributed by atoms with Gasteiger partial charge in [0, 0.05) is 17.2 Å². The first-order valence-corrected chi connectivity index (χ1v) is 10.1. The number of ether oxygens (including phenoxy) is 1. The number of thioether (sulfide) groups is 1. The number of rotatable bonds is 7. The predicted octanol–water partition coefficient (Wildman–Crippen LogP) is 4.51.